The fraction of sp³-hybridized carbons (Fsp3) is 0.158. The average molecular weight is 305 g/mol. The Morgan fingerprint density at radius 2 is 1.70 bits per heavy atom. The Morgan fingerprint density at radius 1 is 1.00 bits per heavy atom. The van der Waals surface area contributed by atoms with Crippen LogP contribution in [-0.4, -0.2) is 18.9 Å². The van der Waals surface area contributed by atoms with Crippen LogP contribution >= 0.6 is 0 Å². The van der Waals surface area contributed by atoms with Crippen molar-refractivity contribution in [3.8, 4) is 0 Å². The van der Waals surface area contributed by atoms with Crippen LogP contribution in [0.25, 0.3) is 5.57 Å². The van der Waals surface area contributed by atoms with E-state index in [0.29, 0.717) is 6.42 Å². The third-order valence-corrected chi connectivity index (χ3v) is 4.50. The minimum Gasteiger partial charge on any atom is -0.440 e. The van der Waals surface area contributed by atoms with Crippen molar-refractivity contribution in [2.75, 3.05) is 11.9 Å². The van der Waals surface area contributed by atoms with Gasteiger partial charge in [0.2, 0.25) is 5.60 Å². The number of ether oxygens (including phenoxy) is 1. The smallest absolute Gasteiger partial charge is 0.332 e. The second-order valence-corrected chi connectivity index (χ2v) is 5.84. The zero-order valence-electron chi connectivity index (χ0n) is 12.7. The molecule has 4 nitrogen and oxygen atoms in total. The Bertz CT molecular complexity index is 841. The first-order valence-electron chi connectivity index (χ1n) is 7.48. The van der Waals surface area contributed by atoms with Gasteiger partial charge in [0.25, 0.3) is 5.91 Å². The van der Waals surface area contributed by atoms with Crippen LogP contribution in [0.15, 0.2) is 60.7 Å². The average Bonchev–Trinajstić information content (AvgIpc) is 2.78. The van der Waals surface area contributed by atoms with E-state index in [0.717, 1.165) is 22.4 Å². The summed E-state index contributed by atoms with van der Waals surface area (Å²) in [4.78, 5) is 26.6. The van der Waals surface area contributed by atoms with Crippen molar-refractivity contribution in [2.24, 2.45) is 0 Å². The van der Waals surface area contributed by atoms with E-state index < -0.39 is 11.6 Å². The summed E-state index contributed by atoms with van der Waals surface area (Å²) < 4.78 is 5.59. The summed E-state index contributed by atoms with van der Waals surface area (Å²) in [5, 5.41) is 0. The minimum atomic E-state index is -1.25. The highest BCUT2D eigenvalue weighted by Crippen LogP contribution is 2.48. The second kappa shape index (κ2) is 4.81. The van der Waals surface area contributed by atoms with E-state index in [1.807, 2.05) is 54.6 Å². The molecule has 0 unspecified atom stereocenters. The van der Waals surface area contributed by atoms with Crippen molar-refractivity contribution in [3.05, 3.63) is 71.8 Å². The number of hydrogen-bond acceptors (Lipinski definition) is 3. The molecule has 0 bridgehead atoms. The van der Waals surface area contributed by atoms with Crippen LogP contribution < -0.4 is 4.90 Å². The molecule has 2 aliphatic heterocycles. The number of amides is 1. The van der Waals surface area contributed by atoms with E-state index in [9.17, 15) is 9.59 Å². The highest BCUT2D eigenvalue weighted by Gasteiger charge is 2.54. The number of carbonyl (C=O) groups excluding carboxylic acids is 2. The maximum Gasteiger partial charge on any atom is 0.332 e. The summed E-state index contributed by atoms with van der Waals surface area (Å²) in [6, 6.07) is 17.1. The standard InChI is InChI=1S/C19H15NO3/c1-20-16-10-6-5-9-15(16)19(18(20)22)12-14(11-17(21)23-19)13-7-3-2-4-8-13/h2-11H,12H2,1H3/t19-/m0/s1. The van der Waals surface area contributed by atoms with E-state index >= 15 is 0 Å². The van der Waals surface area contributed by atoms with Crippen LogP contribution in [-0.2, 0) is 19.9 Å². The van der Waals surface area contributed by atoms with Crippen LogP contribution in [0.5, 0.6) is 0 Å². The third-order valence-electron chi connectivity index (χ3n) is 4.50. The van der Waals surface area contributed by atoms with E-state index in [1.165, 1.54) is 6.08 Å². The molecule has 2 aromatic carbocycles. The number of fused-ring (bicyclic) bond motifs is 2. The number of hydrogen-bond donors (Lipinski definition) is 0. The molecule has 0 saturated carbocycles. The van der Waals surface area contributed by atoms with Crippen LogP contribution in [0.1, 0.15) is 17.5 Å². The lowest BCUT2D eigenvalue weighted by Crippen LogP contribution is -2.44. The Morgan fingerprint density at radius 3 is 2.48 bits per heavy atom. The molecule has 1 amide bonds. The SMILES string of the molecule is CN1C(=O)[C@]2(CC(c3ccccc3)=CC(=O)O2)c2ccccc21. The lowest BCUT2D eigenvalue weighted by atomic mass is 9.84. The number of carbonyl (C=O) groups is 2. The van der Waals surface area contributed by atoms with Crippen LogP contribution in [0, 0.1) is 0 Å². The first-order valence-corrected chi connectivity index (χ1v) is 7.48. The predicted molar refractivity (Wildman–Crippen MR) is 86.7 cm³/mol. The Labute approximate surface area is 134 Å². The summed E-state index contributed by atoms with van der Waals surface area (Å²) in [7, 11) is 1.71. The molecule has 2 aromatic rings. The Balaban J connectivity index is 1.86. The second-order valence-electron chi connectivity index (χ2n) is 5.84. The zero-order chi connectivity index (χ0) is 16.0. The molecule has 0 saturated heterocycles. The monoisotopic (exact) mass is 305 g/mol. The number of para-hydroxylation sites is 1. The normalized spacial score (nSPS) is 22.8. The van der Waals surface area contributed by atoms with Gasteiger partial charge in [-0.25, -0.2) is 4.79 Å². The molecule has 0 fully saturated rings. The van der Waals surface area contributed by atoms with Crippen molar-refractivity contribution in [1.29, 1.82) is 0 Å². The lowest BCUT2D eigenvalue weighted by Gasteiger charge is -2.32. The summed E-state index contributed by atoms with van der Waals surface area (Å²) in [6.45, 7) is 0. The van der Waals surface area contributed by atoms with Crippen molar-refractivity contribution in [3.63, 3.8) is 0 Å². The molecule has 0 radical (unpaired) electrons. The minimum absolute atomic E-state index is 0.200. The van der Waals surface area contributed by atoms with Crippen LogP contribution in [0.3, 0.4) is 0 Å². The van der Waals surface area contributed by atoms with Crippen molar-refractivity contribution in [2.45, 2.75) is 12.0 Å². The van der Waals surface area contributed by atoms with Gasteiger partial charge in [-0.2, -0.15) is 0 Å². The maximum atomic E-state index is 12.9. The van der Waals surface area contributed by atoms with Gasteiger partial charge in [0.1, 0.15) is 0 Å². The van der Waals surface area contributed by atoms with E-state index in [1.54, 1.807) is 11.9 Å². The van der Waals surface area contributed by atoms with Gasteiger partial charge in [-0.05, 0) is 17.2 Å². The highest BCUT2D eigenvalue weighted by molar-refractivity contribution is 6.10. The number of rotatable bonds is 1. The molecule has 2 aliphatic rings. The largest absolute Gasteiger partial charge is 0.440 e. The van der Waals surface area contributed by atoms with Gasteiger partial charge in [0.15, 0.2) is 0 Å². The molecule has 1 atom stereocenters. The first kappa shape index (κ1) is 13.8. The van der Waals surface area contributed by atoms with Crippen LogP contribution in [0.4, 0.5) is 5.69 Å². The van der Waals surface area contributed by atoms with Gasteiger partial charge in [0.05, 0.1) is 5.69 Å². The number of likely N-dealkylation sites (N-methyl/N-ethyl adjacent to an activating group) is 1. The Hall–Kier alpha value is -2.88. The number of esters is 1. The molecular weight excluding hydrogens is 290 g/mol. The van der Waals surface area contributed by atoms with Gasteiger partial charge >= 0.3 is 5.97 Å². The van der Waals surface area contributed by atoms with Gasteiger partial charge in [-0.3, -0.25) is 4.79 Å². The highest BCUT2D eigenvalue weighted by atomic mass is 16.6. The molecule has 114 valence electrons. The quantitative estimate of drug-likeness (QED) is 0.761. The summed E-state index contributed by atoms with van der Waals surface area (Å²) >= 11 is 0. The molecule has 4 rings (SSSR count). The molecule has 2 heterocycles. The number of anilines is 1. The van der Waals surface area contributed by atoms with Gasteiger partial charge < -0.3 is 9.64 Å². The molecular formula is C19H15NO3. The van der Waals surface area contributed by atoms with E-state index in [2.05, 4.69) is 0 Å². The van der Waals surface area contributed by atoms with Gasteiger partial charge in [-0.15, -0.1) is 0 Å². The molecule has 23 heavy (non-hydrogen) atoms. The lowest BCUT2D eigenvalue weighted by molar-refractivity contribution is -0.163. The molecule has 0 aromatic heterocycles. The topological polar surface area (TPSA) is 46.6 Å². The van der Waals surface area contributed by atoms with E-state index in [4.69, 9.17) is 4.74 Å². The zero-order valence-corrected chi connectivity index (χ0v) is 12.7. The van der Waals surface area contributed by atoms with Crippen molar-refractivity contribution in [1.82, 2.24) is 0 Å². The molecule has 0 N–H and O–H groups in total. The Kier molecular flexibility index (Phi) is 2.88. The summed E-state index contributed by atoms with van der Waals surface area (Å²) in [5.41, 5.74) is 2.05. The first-order chi connectivity index (χ1) is 11.1. The number of benzene rings is 2. The maximum absolute atomic E-state index is 12.9. The summed E-state index contributed by atoms with van der Waals surface area (Å²) in [6.07, 6.45) is 1.83. The van der Waals surface area contributed by atoms with E-state index in [-0.39, 0.29) is 5.91 Å². The summed E-state index contributed by atoms with van der Waals surface area (Å²) in [5.74, 6) is -0.679. The van der Waals surface area contributed by atoms with Crippen molar-refractivity contribution < 1.29 is 14.3 Å². The van der Waals surface area contributed by atoms with Crippen LogP contribution in [0.2, 0.25) is 0 Å². The molecule has 0 aliphatic carbocycles. The predicted octanol–water partition coefficient (Wildman–Crippen LogP) is 2.89. The molecule has 4 heteroatoms. The third kappa shape index (κ3) is 1.91. The van der Waals surface area contributed by atoms with Crippen molar-refractivity contribution >= 4 is 23.1 Å². The molecule has 1 spiro atoms. The number of nitrogens with zero attached hydrogens (tertiary/aromatic N) is 1. The fourth-order valence-corrected chi connectivity index (χ4v) is 3.41. The van der Waals surface area contributed by atoms with Gasteiger partial charge in [-0.1, -0.05) is 48.5 Å². The fourth-order valence-electron chi connectivity index (χ4n) is 3.41. The van der Waals surface area contributed by atoms with Gasteiger partial charge in [0, 0.05) is 25.1 Å².